The molecular formula is C18H22Br2N2O3. The maximum absolute atomic E-state index is 12.8. The summed E-state index contributed by atoms with van der Waals surface area (Å²) in [5, 5.41) is 5.16. The number of Topliss-reactive ketones (excluding diaryl/α,β-unsaturated/α-hetero) is 2. The summed E-state index contributed by atoms with van der Waals surface area (Å²) in [5.41, 5.74) is 0.439. The van der Waals surface area contributed by atoms with Crippen LogP contribution in [0.1, 0.15) is 50.1 Å². The van der Waals surface area contributed by atoms with Gasteiger partial charge in [-0.3, -0.25) is 9.59 Å². The number of hydrogen-bond acceptors (Lipinski definition) is 4. The van der Waals surface area contributed by atoms with Gasteiger partial charge in [0.05, 0.1) is 17.0 Å². The Kier molecular flexibility index (Phi) is 5.50. The lowest BCUT2D eigenvalue weighted by Crippen LogP contribution is -2.28. The van der Waals surface area contributed by atoms with Crippen LogP contribution in [0.25, 0.3) is 10.9 Å². The maximum Gasteiger partial charge on any atom is 0.199 e. The van der Waals surface area contributed by atoms with Gasteiger partial charge in [-0.15, -0.1) is 0 Å². The lowest BCUT2D eigenvalue weighted by atomic mass is 9.91. The van der Waals surface area contributed by atoms with E-state index >= 15 is 0 Å². The summed E-state index contributed by atoms with van der Waals surface area (Å²) in [4.78, 5) is 24.8. The second-order valence-electron chi connectivity index (χ2n) is 7.43. The summed E-state index contributed by atoms with van der Waals surface area (Å²) < 4.78 is 6.08. The van der Waals surface area contributed by atoms with Crippen LogP contribution in [0.3, 0.4) is 0 Å². The predicted octanol–water partition coefficient (Wildman–Crippen LogP) is 4.91. The number of rotatable bonds is 5. The molecule has 1 atom stereocenters. The Hall–Kier alpha value is -1.21. The summed E-state index contributed by atoms with van der Waals surface area (Å²) in [6.07, 6.45) is 0. The van der Waals surface area contributed by atoms with Crippen molar-refractivity contribution in [1.82, 2.24) is 9.78 Å². The first-order chi connectivity index (χ1) is 11.4. The molecule has 0 N–H and O–H groups in total. The Bertz CT molecular complexity index is 829. The highest BCUT2D eigenvalue weighted by Gasteiger charge is 2.34. The summed E-state index contributed by atoms with van der Waals surface area (Å²) >= 11 is 6.85. The molecule has 0 aliphatic heterocycles. The molecule has 0 aliphatic rings. The molecule has 7 heteroatoms. The number of ether oxygens (including phenoxy) is 1. The maximum atomic E-state index is 12.8. The molecule has 0 bridgehead atoms. The fourth-order valence-corrected chi connectivity index (χ4v) is 3.52. The SMILES string of the molecule is COc1ccc2c(C(=O)C(C)(C)Br)nn(C(Br)C(=O)C(C)(C)C)c2c1. The fourth-order valence-electron chi connectivity index (χ4n) is 2.33. The molecule has 0 spiro atoms. The standard InChI is InChI=1S/C18H22Br2N2O3/c1-17(2,3)15(24)16(19)22-12-9-10(25-6)7-8-11(12)13(21-22)14(23)18(4,5)20/h7-9,16H,1-6H3. The van der Waals surface area contributed by atoms with Crippen LogP contribution >= 0.6 is 31.9 Å². The van der Waals surface area contributed by atoms with E-state index < -0.39 is 14.7 Å². The van der Waals surface area contributed by atoms with Gasteiger partial charge in [-0.25, -0.2) is 4.68 Å². The topological polar surface area (TPSA) is 61.2 Å². The number of carbonyl (C=O) groups is 2. The number of ketones is 2. The Morgan fingerprint density at radius 2 is 1.80 bits per heavy atom. The first kappa shape index (κ1) is 20.1. The minimum atomic E-state index is -0.755. The molecule has 0 saturated carbocycles. The smallest absolute Gasteiger partial charge is 0.199 e. The van der Waals surface area contributed by atoms with E-state index in [-0.39, 0.29) is 11.6 Å². The number of hydrogen-bond donors (Lipinski definition) is 0. The largest absolute Gasteiger partial charge is 0.497 e. The summed E-state index contributed by atoms with van der Waals surface area (Å²) in [5.74, 6) is 0.454. The van der Waals surface area contributed by atoms with Crippen LogP contribution in [0.2, 0.25) is 0 Å². The average molecular weight is 474 g/mol. The van der Waals surface area contributed by atoms with Crippen LogP contribution in [0.15, 0.2) is 18.2 Å². The van der Waals surface area contributed by atoms with E-state index in [1.54, 1.807) is 43.8 Å². The number of alkyl halides is 2. The van der Waals surface area contributed by atoms with Crippen molar-refractivity contribution in [1.29, 1.82) is 0 Å². The third-order valence-electron chi connectivity index (χ3n) is 3.84. The molecule has 0 aliphatic carbocycles. The number of benzene rings is 1. The number of methoxy groups -OCH3 is 1. The van der Waals surface area contributed by atoms with Gasteiger partial charge in [-0.05, 0) is 26.0 Å². The van der Waals surface area contributed by atoms with Crippen LogP contribution in [0.4, 0.5) is 0 Å². The highest BCUT2D eigenvalue weighted by atomic mass is 79.9. The van der Waals surface area contributed by atoms with E-state index in [0.29, 0.717) is 22.3 Å². The average Bonchev–Trinajstić information content (AvgIpc) is 2.89. The Labute approximate surface area is 164 Å². The van der Waals surface area contributed by atoms with Gasteiger partial charge < -0.3 is 4.74 Å². The molecule has 0 amide bonds. The number of halogens is 2. The monoisotopic (exact) mass is 472 g/mol. The van der Waals surface area contributed by atoms with Crippen molar-refractivity contribution in [2.75, 3.05) is 7.11 Å². The molecule has 5 nitrogen and oxygen atoms in total. The van der Waals surface area contributed by atoms with Crippen molar-refractivity contribution in [3.8, 4) is 5.75 Å². The number of fused-ring (bicyclic) bond motifs is 1. The zero-order chi connectivity index (χ0) is 19.2. The lowest BCUT2D eigenvalue weighted by Gasteiger charge is -2.21. The van der Waals surface area contributed by atoms with Gasteiger partial charge in [-0.2, -0.15) is 5.10 Å². The first-order valence-electron chi connectivity index (χ1n) is 7.86. The van der Waals surface area contributed by atoms with Gasteiger partial charge in [-0.1, -0.05) is 52.6 Å². The Balaban J connectivity index is 2.71. The molecular weight excluding hydrogens is 452 g/mol. The molecule has 136 valence electrons. The van der Waals surface area contributed by atoms with Gasteiger partial charge in [0.15, 0.2) is 16.5 Å². The quantitative estimate of drug-likeness (QED) is 0.457. The van der Waals surface area contributed by atoms with Crippen molar-refractivity contribution in [3.05, 3.63) is 23.9 Å². The summed E-state index contributed by atoms with van der Waals surface area (Å²) in [6.45, 7) is 9.10. The normalized spacial score (nSPS) is 13.8. The fraction of sp³-hybridized carbons (Fsp3) is 0.500. The molecule has 0 saturated heterocycles. The molecule has 1 aromatic heterocycles. The van der Waals surface area contributed by atoms with Crippen LogP contribution in [-0.4, -0.2) is 32.8 Å². The van der Waals surface area contributed by atoms with Gasteiger partial charge in [0.1, 0.15) is 11.4 Å². The molecule has 0 radical (unpaired) electrons. The van der Waals surface area contributed by atoms with Crippen LogP contribution in [0, 0.1) is 5.41 Å². The van der Waals surface area contributed by atoms with Crippen molar-refractivity contribution >= 4 is 54.3 Å². The zero-order valence-electron chi connectivity index (χ0n) is 15.2. The third-order valence-corrected chi connectivity index (χ3v) is 5.00. The number of aromatic nitrogens is 2. The molecule has 1 unspecified atom stereocenters. The predicted molar refractivity (Wildman–Crippen MR) is 106 cm³/mol. The zero-order valence-corrected chi connectivity index (χ0v) is 18.4. The highest BCUT2D eigenvalue weighted by molar-refractivity contribution is 9.10. The van der Waals surface area contributed by atoms with E-state index in [4.69, 9.17) is 4.74 Å². The van der Waals surface area contributed by atoms with Gasteiger partial charge >= 0.3 is 0 Å². The van der Waals surface area contributed by atoms with E-state index in [0.717, 1.165) is 0 Å². The van der Waals surface area contributed by atoms with Crippen LogP contribution in [0.5, 0.6) is 5.75 Å². The van der Waals surface area contributed by atoms with E-state index in [1.165, 1.54) is 0 Å². The van der Waals surface area contributed by atoms with Gasteiger partial charge in [0.2, 0.25) is 0 Å². The van der Waals surface area contributed by atoms with Gasteiger partial charge in [0, 0.05) is 16.9 Å². The van der Waals surface area contributed by atoms with E-state index in [1.807, 2.05) is 20.8 Å². The Morgan fingerprint density at radius 3 is 2.28 bits per heavy atom. The second kappa shape index (κ2) is 6.83. The molecule has 25 heavy (non-hydrogen) atoms. The molecule has 1 aromatic carbocycles. The summed E-state index contributed by atoms with van der Waals surface area (Å²) in [7, 11) is 1.57. The number of nitrogens with zero attached hydrogens (tertiary/aromatic N) is 2. The minimum Gasteiger partial charge on any atom is -0.497 e. The first-order valence-corrected chi connectivity index (χ1v) is 9.57. The lowest BCUT2D eigenvalue weighted by molar-refractivity contribution is -0.127. The molecule has 2 rings (SSSR count). The minimum absolute atomic E-state index is 0.0307. The van der Waals surface area contributed by atoms with Crippen LogP contribution in [-0.2, 0) is 4.79 Å². The second-order valence-corrected chi connectivity index (χ2v) is 10.3. The third kappa shape index (κ3) is 3.97. The van der Waals surface area contributed by atoms with E-state index in [9.17, 15) is 9.59 Å². The van der Waals surface area contributed by atoms with Crippen LogP contribution < -0.4 is 4.74 Å². The Morgan fingerprint density at radius 1 is 1.20 bits per heavy atom. The summed E-state index contributed by atoms with van der Waals surface area (Å²) in [6, 6.07) is 5.36. The van der Waals surface area contributed by atoms with E-state index in [2.05, 4.69) is 37.0 Å². The van der Waals surface area contributed by atoms with Crippen molar-refractivity contribution < 1.29 is 14.3 Å². The molecule has 0 fully saturated rings. The molecule has 1 heterocycles. The highest BCUT2D eigenvalue weighted by Crippen LogP contribution is 2.34. The van der Waals surface area contributed by atoms with Crippen molar-refractivity contribution in [2.45, 2.75) is 43.9 Å². The van der Waals surface area contributed by atoms with Crippen molar-refractivity contribution in [2.24, 2.45) is 5.41 Å². The number of carbonyl (C=O) groups excluding carboxylic acids is 2. The molecule has 2 aromatic rings. The van der Waals surface area contributed by atoms with Crippen molar-refractivity contribution in [3.63, 3.8) is 0 Å². The van der Waals surface area contributed by atoms with Gasteiger partial charge in [0.25, 0.3) is 0 Å².